The molecule has 0 unspecified atom stereocenters. The number of likely N-dealkylation sites (N-methyl/N-ethyl adjacent to an activating group) is 1. The second kappa shape index (κ2) is 7.81. The Morgan fingerprint density at radius 2 is 1.96 bits per heavy atom. The minimum absolute atomic E-state index is 0.0694. The molecular formula is C16H16Cl2N2O2S. The summed E-state index contributed by atoms with van der Waals surface area (Å²) in [5, 5.41) is 5.27. The van der Waals surface area contributed by atoms with E-state index in [0.717, 1.165) is 10.4 Å². The van der Waals surface area contributed by atoms with Gasteiger partial charge in [-0.3, -0.25) is 9.59 Å². The first kappa shape index (κ1) is 17.8. The zero-order valence-corrected chi connectivity index (χ0v) is 15.1. The van der Waals surface area contributed by atoms with Gasteiger partial charge in [0, 0.05) is 17.5 Å². The monoisotopic (exact) mass is 370 g/mol. The summed E-state index contributed by atoms with van der Waals surface area (Å²) in [6.45, 7) is 2.47. The molecule has 0 atom stereocenters. The van der Waals surface area contributed by atoms with Gasteiger partial charge in [0.15, 0.2) is 0 Å². The molecule has 7 heteroatoms. The van der Waals surface area contributed by atoms with Crippen LogP contribution >= 0.6 is 34.5 Å². The molecule has 0 aliphatic heterocycles. The Bertz CT molecular complexity index is 731. The molecule has 0 spiro atoms. The number of hydrogen-bond donors (Lipinski definition) is 1. The van der Waals surface area contributed by atoms with Crippen molar-refractivity contribution in [2.45, 2.75) is 13.5 Å². The molecule has 1 aromatic carbocycles. The lowest BCUT2D eigenvalue weighted by atomic mass is 10.2. The minimum atomic E-state index is -0.363. The van der Waals surface area contributed by atoms with E-state index in [1.165, 1.54) is 6.07 Å². The van der Waals surface area contributed by atoms with Gasteiger partial charge in [-0.25, -0.2) is 0 Å². The number of amides is 2. The number of carbonyl (C=O) groups excluding carboxylic acids is 2. The quantitative estimate of drug-likeness (QED) is 0.870. The van der Waals surface area contributed by atoms with E-state index in [1.54, 1.807) is 35.4 Å². The molecule has 2 aromatic rings. The molecular weight excluding hydrogens is 355 g/mol. The average molecular weight is 371 g/mol. The van der Waals surface area contributed by atoms with Crippen molar-refractivity contribution in [3.8, 4) is 0 Å². The smallest absolute Gasteiger partial charge is 0.251 e. The zero-order chi connectivity index (χ0) is 17.0. The number of aryl methyl sites for hydroxylation is 1. The van der Waals surface area contributed by atoms with Crippen LogP contribution in [0.4, 0.5) is 0 Å². The van der Waals surface area contributed by atoms with Gasteiger partial charge in [-0.1, -0.05) is 23.2 Å². The van der Waals surface area contributed by atoms with E-state index in [9.17, 15) is 9.59 Å². The van der Waals surface area contributed by atoms with Gasteiger partial charge in [-0.15, -0.1) is 11.3 Å². The molecule has 2 rings (SSSR count). The molecule has 0 saturated heterocycles. The largest absolute Gasteiger partial charge is 0.343 e. The Kier molecular flexibility index (Phi) is 6.04. The Morgan fingerprint density at radius 3 is 2.57 bits per heavy atom. The summed E-state index contributed by atoms with van der Waals surface area (Å²) in [5.74, 6) is -0.524. The van der Waals surface area contributed by atoms with Crippen molar-refractivity contribution in [2.24, 2.45) is 0 Å². The molecule has 0 bridgehead atoms. The first-order valence-corrected chi connectivity index (χ1v) is 8.52. The number of rotatable bonds is 5. The maximum absolute atomic E-state index is 12.1. The molecule has 122 valence electrons. The van der Waals surface area contributed by atoms with Gasteiger partial charge in [0.2, 0.25) is 5.91 Å². The lowest BCUT2D eigenvalue weighted by Crippen LogP contribution is -2.37. The van der Waals surface area contributed by atoms with Crippen molar-refractivity contribution in [2.75, 3.05) is 13.6 Å². The molecule has 0 aliphatic rings. The van der Waals surface area contributed by atoms with Gasteiger partial charge in [0.25, 0.3) is 5.91 Å². The molecule has 2 amide bonds. The fourth-order valence-electron chi connectivity index (χ4n) is 1.90. The van der Waals surface area contributed by atoms with Gasteiger partial charge in [0.05, 0.1) is 23.1 Å². The van der Waals surface area contributed by atoms with Crippen LogP contribution in [0.3, 0.4) is 0 Å². The fourth-order valence-corrected chi connectivity index (χ4v) is 3.16. The van der Waals surface area contributed by atoms with E-state index >= 15 is 0 Å². The molecule has 4 nitrogen and oxygen atoms in total. The van der Waals surface area contributed by atoms with E-state index in [4.69, 9.17) is 23.2 Å². The maximum Gasteiger partial charge on any atom is 0.251 e. The third-order valence-electron chi connectivity index (χ3n) is 3.36. The third-order valence-corrected chi connectivity index (χ3v) is 5.10. The Balaban J connectivity index is 1.89. The van der Waals surface area contributed by atoms with Crippen molar-refractivity contribution in [3.63, 3.8) is 0 Å². The van der Waals surface area contributed by atoms with Gasteiger partial charge in [-0.05, 0) is 42.1 Å². The molecule has 0 aliphatic carbocycles. The molecule has 0 saturated carbocycles. The first-order valence-electron chi connectivity index (χ1n) is 6.88. The van der Waals surface area contributed by atoms with Crippen LogP contribution in [0.2, 0.25) is 10.0 Å². The fraction of sp³-hybridized carbons (Fsp3) is 0.250. The number of carbonyl (C=O) groups is 2. The average Bonchev–Trinajstić information content (AvgIpc) is 2.92. The second-order valence-electron chi connectivity index (χ2n) is 5.09. The van der Waals surface area contributed by atoms with Gasteiger partial charge < -0.3 is 10.2 Å². The molecule has 0 radical (unpaired) electrons. The first-order chi connectivity index (χ1) is 10.9. The molecule has 0 fully saturated rings. The van der Waals surface area contributed by atoms with E-state index in [1.807, 2.05) is 18.4 Å². The van der Waals surface area contributed by atoms with Gasteiger partial charge in [0.1, 0.15) is 0 Å². The topological polar surface area (TPSA) is 49.4 Å². The number of halogens is 2. The van der Waals surface area contributed by atoms with E-state index in [0.29, 0.717) is 22.2 Å². The Labute approximate surface area is 149 Å². The third kappa shape index (κ3) is 4.70. The van der Waals surface area contributed by atoms with Crippen molar-refractivity contribution < 1.29 is 9.59 Å². The van der Waals surface area contributed by atoms with E-state index in [-0.39, 0.29) is 18.4 Å². The van der Waals surface area contributed by atoms with Crippen LogP contribution < -0.4 is 5.32 Å². The summed E-state index contributed by atoms with van der Waals surface area (Å²) < 4.78 is 0. The lowest BCUT2D eigenvalue weighted by Gasteiger charge is -2.17. The highest BCUT2D eigenvalue weighted by atomic mass is 35.5. The highest BCUT2D eigenvalue weighted by Crippen LogP contribution is 2.22. The predicted molar refractivity (Wildman–Crippen MR) is 94.3 cm³/mol. The summed E-state index contributed by atoms with van der Waals surface area (Å²) in [4.78, 5) is 26.9. The minimum Gasteiger partial charge on any atom is -0.343 e. The number of benzene rings is 1. The van der Waals surface area contributed by atoms with Crippen LogP contribution in [-0.2, 0) is 11.3 Å². The SMILES string of the molecule is Cc1ccsc1CN(C)C(=O)CNC(=O)c1ccc(Cl)c(Cl)c1. The van der Waals surface area contributed by atoms with E-state index < -0.39 is 0 Å². The number of nitrogens with zero attached hydrogens (tertiary/aromatic N) is 1. The molecule has 1 N–H and O–H groups in total. The van der Waals surface area contributed by atoms with Crippen molar-refractivity contribution in [3.05, 3.63) is 55.7 Å². The number of hydrogen-bond acceptors (Lipinski definition) is 3. The van der Waals surface area contributed by atoms with Crippen LogP contribution in [0.15, 0.2) is 29.6 Å². The Morgan fingerprint density at radius 1 is 1.22 bits per heavy atom. The zero-order valence-electron chi connectivity index (χ0n) is 12.7. The molecule has 1 heterocycles. The van der Waals surface area contributed by atoms with Crippen LogP contribution in [0, 0.1) is 6.92 Å². The second-order valence-corrected chi connectivity index (χ2v) is 6.90. The van der Waals surface area contributed by atoms with Crippen molar-refractivity contribution >= 4 is 46.4 Å². The Hall–Kier alpha value is -1.56. The summed E-state index contributed by atoms with van der Waals surface area (Å²) in [6, 6.07) is 6.60. The van der Waals surface area contributed by atoms with Crippen LogP contribution in [0.5, 0.6) is 0 Å². The number of nitrogens with one attached hydrogen (secondary N) is 1. The highest BCUT2D eigenvalue weighted by molar-refractivity contribution is 7.10. The molecule has 23 heavy (non-hydrogen) atoms. The van der Waals surface area contributed by atoms with Crippen molar-refractivity contribution in [1.82, 2.24) is 10.2 Å². The van der Waals surface area contributed by atoms with Crippen LogP contribution in [0.1, 0.15) is 20.8 Å². The lowest BCUT2D eigenvalue weighted by molar-refractivity contribution is -0.129. The standard InChI is InChI=1S/C16H16Cl2N2O2S/c1-10-5-6-23-14(10)9-20(2)15(21)8-19-16(22)11-3-4-12(17)13(18)7-11/h3-7H,8-9H2,1-2H3,(H,19,22). The highest BCUT2D eigenvalue weighted by Gasteiger charge is 2.14. The number of thiophene rings is 1. The van der Waals surface area contributed by atoms with Crippen LogP contribution in [0.25, 0.3) is 0 Å². The maximum atomic E-state index is 12.1. The summed E-state index contributed by atoms with van der Waals surface area (Å²) >= 11 is 13.3. The normalized spacial score (nSPS) is 10.4. The van der Waals surface area contributed by atoms with Crippen molar-refractivity contribution in [1.29, 1.82) is 0 Å². The molecule has 1 aromatic heterocycles. The summed E-state index contributed by atoms with van der Waals surface area (Å²) in [6.07, 6.45) is 0. The van der Waals surface area contributed by atoms with E-state index in [2.05, 4.69) is 5.32 Å². The van der Waals surface area contributed by atoms with Crippen LogP contribution in [-0.4, -0.2) is 30.3 Å². The summed E-state index contributed by atoms with van der Waals surface area (Å²) in [5.41, 5.74) is 1.53. The predicted octanol–water partition coefficient (Wildman–Crippen LogP) is 3.75. The van der Waals surface area contributed by atoms with Gasteiger partial charge in [-0.2, -0.15) is 0 Å². The summed E-state index contributed by atoms with van der Waals surface area (Å²) in [7, 11) is 1.72. The van der Waals surface area contributed by atoms with Gasteiger partial charge >= 0.3 is 0 Å².